The maximum absolute atomic E-state index is 10.1. The Morgan fingerprint density at radius 2 is 2.00 bits per heavy atom. The highest BCUT2D eigenvalue weighted by molar-refractivity contribution is 5.48. The van der Waals surface area contributed by atoms with E-state index in [2.05, 4.69) is 0 Å². The Balaban J connectivity index is 2.38. The van der Waals surface area contributed by atoms with E-state index in [1.165, 1.54) is 0 Å². The van der Waals surface area contributed by atoms with Crippen LogP contribution in [0.25, 0.3) is 0 Å². The molecule has 0 atom stereocenters. The Bertz CT molecular complexity index is 124. The molecule has 1 aliphatic rings. The number of carbonyl (C=O) groups excluding carboxylic acids is 1. The summed E-state index contributed by atoms with van der Waals surface area (Å²) in [5, 5.41) is 9.43. The monoisotopic (exact) mass is 142 g/mol. The molecule has 1 aliphatic heterocycles. The molecule has 0 bridgehead atoms. The first-order chi connectivity index (χ1) is 4.64. The Morgan fingerprint density at radius 3 is 2.40 bits per heavy atom. The van der Waals surface area contributed by atoms with Gasteiger partial charge in [0.15, 0.2) is 0 Å². The van der Waals surface area contributed by atoms with Crippen LogP contribution in [0, 0.1) is 0 Å². The predicted molar refractivity (Wildman–Crippen MR) is 37.1 cm³/mol. The molecule has 1 amide bonds. The molecule has 1 saturated heterocycles. The first-order valence-electron chi connectivity index (χ1n) is 3.49. The van der Waals surface area contributed by atoms with Crippen molar-refractivity contribution in [1.29, 1.82) is 0 Å². The Hall–Kier alpha value is -0.570. The molecule has 0 aromatic heterocycles. The summed E-state index contributed by atoms with van der Waals surface area (Å²) in [6.45, 7) is 3.07. The van der Waals surface area contributed by atoms with Gasteiger partial charge in [0.05, 0.1) is 5.60 Å². The van der Waals surface area contributed by atoms with E-state index in [0.717, 1.165) is 0 Å². The minimum absolute atomic E-state index is 0.562. The van der Waals surface area contributed by atoms with E-state index in [0.29, 0.717) is 25.9 Å². The third-order valence-corrected chi connectivity index (χ3v) is 1.97. The van der Waals surface area contributed by atoms with Crippen LogP contribution < -0.4 is 0 Å². The summed E-state index contributed by atoms with van der Waals surface area (Å²) in [7, 11) is 0. The second-order valence-corrected chi connectivity index (χ2v) is 3.08. The van der Waals surface area contributed by atoms with Crippen LogP contribution in [-0.4, -0.2) is 35.1 Å². The van der Waals surface area contributed by atoms with Crippen LogP contribution in [0.1, 0.15) is 19.8 Å². The van der Waals surface area contributed by atoms with Gasteiger partial charge in [-0.05, 0) is 19.8 Å². The number of hydrogen-bond donors (Lipinski definition) is 1. The molecule has 1 radical (unpaired) electrons. The first kappa shape index (κ1) is 7.54. The molecule has 0 unspecified atom stereocenters. The van der Waals surface area contributed by atoms with Crippen molar-refractivity contribution in [3.63, 3.8) is 0 Å². The van der Waals surface area contributed by atoms with Crippen LogP contribution in [0.4, 0.5) is 0 Å². The minimum atomic E-state index is -0.562. The molecule has 57 valence electrons. The highest BCUT2D eigenvalue weighted by Gasteiger charge is 2.26. The molecule has 1 rings (SSSR count). The highest BCUT2D eigenvalue weighted by Crippen LogP contribution is 2.19. The largest absolute Gasteiger partial charge is 0.390 e. The van der Waals surface area contributed by atoms with Gasteiger partial charge >= 0.3 is 6.41 Å². The smallest absolute Gasteiger partial charge is 0.312 e. The zero-order valence-electron chi connectivity index (χ0n) is 6.13. The second-order valence-electron chi connectivity index (χ2n) is 3.08. The van der Waals surface area contributed by atoms with Crippen molar-refractivity contribution in [2.75, 3.05) is 13.1 Å². The van der Waals surface area contributed by atoms with Gasteiger partial charge in [-0.15, -0.1) is 0 Å². The summed E-state index contributed by atoms with van der Waals surface area (Å²) in [5.41, 5.74) is -0.562. The molecule has 1 fully saturated rings. The lowest BCUT2D eigenvalue weighted by atomic mass is 9.94. The van der Waals surface area contributed by atoms with Crippen molar-refractivity contribution in [1.82, 2.24) is 4.90 Å². The van der Waals surface area contributed by atoms with Gasteiger partial charge in [-0.25, -0.2) is 0 Å². The maximum atomic E-state index is 10.1. The zero-order valence-corrected chi connectivity index (χ0v) is 6.13. The van der Waals surface area contributed by atoms with Gasteiger partial charge in [-0.2, -0.15) is 0 Å². The van der Waals surface area contributed by atoms with E-state index in [1.807, 2.05) is 6.41 Å². The number of piperidine rings is 1. The number of likely N-dealkylation sites (tertiary alicyclic amines) is 1. The third-order valence-electron chi connectivity index (χ3n) is 1.97. The second kappa shape index (κ2) is 2.58. The van der Waals surface area contributed by atoms with E-state index in [-0.39, 0.29) is 0 Å². The predicted octanol–water partition coefficient (Wildman–Crippen LogP) is -0.0996. The summed E-state index contributed by atoms with van der Waals surface area (Å²) >= 11 is 0. The summed E-state index contributed by atoms with van der Waals surface area (Å²) in [5.74, 6) is 0. The van der Waals surface area contributed by atoms with Crippen LogP contribution >= 0.6 is 0 Å². The molecule has 3 nitrogen and oxygen atoms in total. The van der Waals surface area contributed by atoms with Crippen molar-refractivity contribution in [3.05, 3.63) is 0 Å². The van der Waals surface area contributed by atoms with Gasteiger partial charge in [0, 0.05) is 13.1 Å². The average Bonchev–Trinajstić information content (AvgIpc) is 1.88. The summed E-state index contributed by atoms with van der Waals surface area (Å²) in [6, 6.07) is 0. The van der Waals surface area contributed by atoms with Crippen molar-refractivity contribution in [2.45, 2.75) is 25.4 Å². The average molecular weight is 142 g/mol. The van der Waals surface area contributed by atoms with E-state index in [1.54, 1.807) is 11.8 Å². The number of hydrogen-bond acceptors (Lipinski definition) is 2. The fourth-order valence-electron chi connectivity index (χ4n) is 1.08. The lowest BCUT2D eigenvalue weighted by Gasteiger charge is -2.32. The lowest BCUT2D eigenvalue weighted by Crippen LogP contribution is -2.41. The molecule has 10 heavy (non-hydrogen) atoms. The Morgan fingerprint density at radius 1 is 1.50 bits per heavy atom. The summed E-state index contributed by atoms with van der Waals surface area (Å²) in [4.78, 5) is 11.7. The molecule has 0 aliphatic carbocycles. The fraction of sp³-hybridized carbons (Fsp3) is 0.857. The van der Waals surface area contributed by atoms with E-state index < -0.39 is 5.60 Å². The van der Waals surface area contributed by atoms with E-state index >= 15 is 0 Å². The first-order valence-corrected chi connectivity index (χ1v) is 3.49. The quantitative estimate of drug-likeness (QED) is 0.555. The van der Waals surface area contributed by atoms with Gasteiger partial charge < -0.3 is 10.0 Å². The van der Waals surface area contributed by atoms with Gasteiger partial charge in [-0.3, -0.25) is 4.79 Å². The van der Waals surface area contributed by atoms with Crippen molar-refractivity contribution in [2.24, 2.45) is 0 Å². The molecule has 0 aromatic rings. The maximum Gasteiger partial charge on any atom is 0.312 e. The topological polar surface area (TPSA) is 40.5 Å². The van der Waals surface area contributed by atoms with Crippen molar-refractivity contribution in [3.8, 4) is 0 Å². The van der Waals surface area contributed by atoms with Crippen LogP contribution in [0.15, 0.2) is 0 Å². The standard InChI is InChI=1S/C7H12NO2/c1-7(10)2-4-8(6-9)5-3-7/h10H,2-5H2,1H3. The van der Waals surface area contributed by atoms with Crippen LogP contribution in [0.3, 0.4) is 0 Å². The number of amides is 1. The van der Waals surface area contributed by atoms with Gasteiger partial charge in [0.2, 0.25) is 0 Å². The van der Waals surface area contributed by atoms with Crippen molar-refractivity contribution < 1.29 is 9.90 Å². The molecular formula is C7H12NO2. The van der Waals surface area contributed by atoms with Crippen LogP contribution in [0.5, 0.6) is 0 Å². The lowest BCUT2D eigenvalue weighted by molar-refractivity contribution is 0.00954. The number of rotatable bonds is 1. The zero-order chi connectivity index (χ0) is 7.61. The number of nitrogens with zero attached hydrogens (tertiary/aromatic N) is 1. The fourth-order valence-corrected chi connectivity index (χ4v) is 1.08. The van der Waals surface area contributed by atoms with Crippen LogP contribution in [0.2, 0.25) is 0 Å². The third kappa shape index (κ3) is 1.70. The highest BCUT2D eigenvalue weighted by atomic mass is 16.3. The minimum Gasteiger partial charge on any atom is -0.390 e. The molecule has 1 heterocycles. The molecule has 0 saturated carbocycles. The molecule has 0 spiro atoms. The summed E-state index contributed by atoms with van der Waals surface area (Å²) < 4.78 is 0. The van der Waals surface area contributed by atoms with Gasteiger partial charge in [0.25, 0.3) is 0 Å². The SMILES string of the molecule is CC1(O)CCN([C]=O)CC1. The summed E-state index contributed by atoms with van der Waals surface area (Å²) in [6.07, 6.45) is 3.15. The molecule has 3 heteroatoms. The molecule has 1 N–H and O–H groups in total. The van der Waals surface area contributed by atoms with Crippen molar-refractivity contribution >= 4 is 6.41 Å². The Labute approximate surface area is 60.6 Å². The van der Waals surface area contributed by atoms with E-state index in [4.69, 9.17) is 0 Å². The normalized spacial score (nSPS) is 24.4. The van der Waals surface area contributed by atoms with Crippen LogP contribution in [-0.2, 0) is 4.79 Å². The number of aliphatic hydroxyl groups is 1. The molecular weight excluding hydrogens is 130 g/mol. The van der Waals surface area contributed by atoms with E-state index in [9.17, 15) is 9.90 Å². The van der Waals surface area contributed by atoms with Gasteiger partial charge in [0.1, 0.15) is 0 Å². The van der Waals surface area contributed by atoms with Gasteiger partial charge in [-0.1, -0.05) is 0 Å². The molecule has 0 aromatic carbocycles. The Kier molecular flexibility index (Phi) is 1.94.